The fourth-order valence-electron chi connectivity index (χ4n) is 5.99. The molecule has 0 saturated heterocycles. The Morgan fingerprint density at radius 3 is 2.54 bits per heavy atom. The molecule has 2 aliphatic rings. The summed E-state index contributed by atoms with van der Waals surface area (Å²) < 4.78 is 45.1. The highest BCUT2D eigenvalue weighted by Crippen LogP contribution is 2.50. The molecule has 0 unspecified atom stereocenters. The summed E-state index contributed by atoms with van der Waals surface area (Å²) in [6.07, 6.45) is 3.65. The van der Waals surface area contributed by atoms with Gasteiger partial charge in [-0.25, -0.2) is 4.98 Å². The minimum atomic E-state index is -4.60. The van der Waals surface area contributed by atoms with E-state index >= 15 is 0 Å². The maximum atomic E-state index is 13.3. The molecule has 1 aliphatic heterocycles. The standard InChI is InChI=1S/C32H40F3N9O2/c1-6-26(45)38-22-18-23(29(46-20-32(33,34)35)41-28(22)43(5)17-16-42(3)4)39-30-36-15-12-25(40-30)44-19-31(13-8-7-9-14-31)27-24(44)11-10-21(2)37-27/h6,10-12,15,18H,1,7-9,13-14,16-17,19-20H2,2-5H3,(H,38,45)(H,36,39,40). The Morgan fingerprint density at radius 2 is 1.85 bits per heavy atom. The van der Waals surface area contributed by atoms with Crippen molar-refractivity contribution in [3.8, 4) is 5.88 Å². The highest BCUT2D eigenvalue weighted by molar-refractivity contribution is 6.01. The zero-order valence-corrected chi connectivity index (χ0v) is 26.6. The second kappa shape index (κ2) is 13.5. The number of fused-ring (bicyclic) bond motifs is 2. The van der Waals surface area contributed by atoms with E-state index in [0.717, 1.165) is 55.4 Å². The monoisotopic (exact) mass is 639 g/mol. The van der Waals surface area contributed by atoms with Crippen molar-refractivity contribution >= 4 is 40.6 Å². The van der Waals surface area contributed by atoms with E-state index in [1.807, 2.05) is 32.0 Å². The summed E-state index contributed by atoms with van der Waals surface area (Å²) in [7, 11) is 5.52. The van der Waals surface area contributed by atoms with Crippen LogP contribution in [0, 0.1) is 6.92 Å². The second-order valence-electron chi connectivity index (χ2n) is 12.1. The van der Waals surface area contributed by atoms with Crippen molar-refractivity contribution in [1.82, 2.24) is 24.8 Å². The predicted molar refractivity (Wildman–Crippen MR) is 172 cm³/mol. The van der Waals surface area contributed by atoms with Crippen LogP contribution in [0.3, 0.4) is 0 Å². The van der Waals surface area contributed by atoms with Gasteiger partial charge in [0.15, 0.2) is 12.4 Å². The quantitative estimate of drug-likeness (QED) is 0.252. The van der Waals surface area contributed by atoms with E-state index in [-0.39, 0.29) is 34.4 Å². The summed E-state index contributed by atoms with van der Waals surface area (Å²) in [5.41, 5.74) is 3.28. The third-order valence-electron chi connectivity index (χ3n) is 8.27. The number of likely N-dealkylation sites (N-methyl/N-ethyl adjacent to an activating group) is 2. The summed E-state index contributed by atoms with van der Waals surface area (Å²) in [6, 6.07) is 7.32. The van der Waals surface area contributed by atoms with Crippen LogP contribution in [0.2, 0.25) is 0 Å². The number of rotatable bonds is 11. The van der Waals surface area contributed by atoms with E-state index in [4.69, 9.17) is 14.7 Å². The molecule has 14 heteroatoms. The first-order valence-corrected chi connectivity index (χ1v) is 15.3. The van der Waals surface area contributed by atoms with E-state index in [1.165, 1.54) is 12.5 Å². The van der Waals surface area contributed by atoms with Crippen molar-refractivity contribution in [2.75, 3.05) is 67.8 Å². The number of pyridine rings is 2. The minimum absolute atomic E-state index is 0.0494. The van der Waals surface area contributed by atoms with Crippen LogP contribution in [-0.4, -0.2) is 84.3 Å². The lowest BCUT2D eigenvalue weighted by Crippen LogP contribution is -2.34. The van der Waals surface area contributed by atoms with Gasteiger partial charge in [-0.05, 0) is 64.2 Å². The zero-order chi connectivity index (χ0) is 33.1. The fraction of sp³-hybridized carbons (Fsp3) is 0.469. The van der Waals surface area contributed by atoms with Gasteiger partial charge in [0.2, 0.25) is 17.7 Å². The third-order valence-corrected chi connectivity index (χ3v) is 8.27. The molecule has 246 valence electrons. The molecular weight excluding hydrogens is 599 g/mol. The van der Waals surface area contributed by atoms with Crippen LogP contribution < -0.4 is 25.2 Å². The normalized spacial score (nSPS) is 15.5. The number of aryl methyl sites for hydroxylation is 1. The number of amides is 1. The molecule has 1 saturated carbocycles. The van der Waals surface area contributed by atoms with Gasteiger partial charge in [-0.1, -0.05) is 25.8 Å². The number of ether oxygens (including phenoxy) is 1. The largest absolute Gasteiger partial charge is 0.466 e. The maximum absolute atomic E-state index is 13.3. The number of carbonyl (C=O) groups is 1. The number of aromatic nitrogens is 4. The molecule has 1 aliphatic carbocycles. The van der Waals surface area contributed by atoms with Crippen LogP contribution >= 0.6 is 0 Å². The van der Waals surface area contributed by atoms with Crippen LogP contribution in [0.15, 0.2) is 43.1 Å². The lowest BCUT2D eigenvalue weighted by atomic mass is 9.73. The molecule has 1 fully saturated rings. The van der Waals surface area contributed by atoms with Gasteiger partial charge in [0, 0.05) is 44.0 Å². The van der Waals surface area contributed by atoms with Crippen LogP contribution in [0.4, 0.5) is 47.8 Å². The van der Waals surface area contributed by atoms with Gasteiger partial charge >= 0.3 is 6.18 Å². The van der Waals surface area contributed by atoms with E-state index < -0.39 is 18.7 Å². The summed E-state index contributed by atoms with van der Waals surface area (Å²) in [6.45, 7) is 5.77. The van der Waals surface area contributed by atoms with E-state index in [9.17, 15) is 18.0 Å². The SMILES string of the molecule is C=CC(=O)Nc1cc(Nc2nccc(N3CC4(CCCCC4)c4nc(C)ccc43)n2)c(OCC(F)(F)F)nc1N(C)CCN(C)C. The van der Waals surface area contributed by atoms with Gasteiger partial charge < -0.3 is 30.1 Å². The summed E-state index contributed by atoms with van der Waals surface area (Å²) in [4.78, 5) is 36.7. The van der Waals surface area contributed by atoms with Crippen molar-refractivity contribution in [3.63, 3.8) is 0 Å². The average molecular weight is 640 g/mol. The maximum Gasteiger partial charge on any atom is 0.422 e. The minimum Gasteiger partial charge on any atom is -0.466 e. The number of hydrogen-bond acceptors (Lipinski definition) is 10. The molecule has 0 radical (unpaired) electrons. The first kappa shape index (κ1) is 32.9. The lowest BCUT2D eigenvalue weighted by Gasteiger charge is -2.33. The number of nitrogens with one attached hydrogen (secondary N) is 2. The Bertz CT molecular complexity index is 1570. The molecule has 3 aromatic heterocycles. The first-order valence-electron chi connectivity index (χ1n) is 15.3. The van der Waals surface area contributed by atoms with Gasteiger partial charge in [-0.3, -0.25) is 9.78 Å². The highest BCUT2D eigenvalue weighted by atomic mass is 19.4. The van der Waals surface area contributed by atoms with Crippen LogP contribution in [0.5, 0.6) is 5.88 Å². The number of nitrogens with zero attached hydrogens (tertiary/aromatic N) is 7. The Labute approximate surface area is 266 Å². The Hall–Kier alpha value is -4.46. The second-order valence-corrected chi connectivity index (χ2v) is 12.1. The fourth-order valence-corrected chi connectivity index (χ4v) is 5.99. The van der Waals surface area contributed by atoms with E-state index in [2.05, 4.69) is 38.1 Å². The summed E-state index contributed by atoms with van der Waals surface area (Å²) in [5.74, 6) is 0.144. The van der Waals surface area contributed by atoms with Crippen LogP contribution in [0.25, 0.3) is 0 Å². The molecule has 11 nitrogen and oxygen atoms in total. The Morgan fingerprint density at radius 1 is 1.09 bits per heavy atom. The molecule has 4 heterocycles. The molecular formula is C32H40F3N9O2. The topological polar surface area (TPSA) is 112 Å². The van der Waals surface area contributed by atoms with Crippen molar-refractivity contribution in [2.45, 2.75) is 50.6 Å². The number of alkyl halides is 3. The van der Waals surface area contributed by atoms with Crippen molar-refractivity contribution in [1.29, 1.82) is 0 Å². The zero-order valence-electron chi connectivity index (χ0n) is 26.6. The van der Waals surface area contributed by atoms with Gasteiger partial charge in [0.1, 0.15) is 11.5 Å². The molecule has 1 spiro atoms. The van der Waals surface area contributed by atoms with Gasteiger partial charge in [0.25, 0.3) is 0 Å². The summed E-state index contributed by atoms with van der Waals surface area (Å²) in [5, 5.41) is 5.71. The molecule has 46 heavy (non-hydrogen) atoms. The average Bonchev–Trinajstić information content (AvgIpc) is 3.31. The molecule has 5 rings (SSSR count). The van der Waals surface area contributed by atoms with Crippen molar-refractivity contribution in [3.05, 3.63) is 54.5 Å². The van der Waals surface area contributed by atoms with Crippen LogP contribution in [-0.2, 0) is 10.2 Å². The lowest BCUT2D eigenvalue weighted by molar-refractivity contribution is -0.153. The van der Waals surface area contributed by atoms with Crippen molar-refractivity contribution in [2.24, 2.45) is 0 Å². The molecule has 0 atom stereocenters. The highest BCUT2D eigenvalue weighted by Gasteiger charge is 2.45. The van der Waals surface area contributed by atoms with E-state index in [0.29, 0.717) is 18.9 Å². The van der Waals surface area contributed by atoms with E-state index in [1.54, 1.807) is 24.2 Å². The molecule has 0 bridgehead atoms. The van der Waals surface area contributed by atoms with Gasteiger partial charge in [0.05, 0.1) is 17.1 Å². The number of hydrogen-bond donors (Lipinski definition) is 2. The molecule has 3 aromatic rings. The molecule has 0 aromatic carbocycles. The first-order chi connectivity index (χ1) is 21.9. The predicted octanol–water partition coefficient (Wildman–Crippen LogP) is 5.74. The van der Waals surface area contributed by atoms with Crippen LogP contribution in [0.1, 0.15) is 43.5 Å². The molecule has 1 amide bonds. The molecule has 2 N–H and O–H groups in total. The van der Waals surface area contributed by atoms with Gasteiger partial charge in [-0.15, -0.1) is 0 Å². The smallest absolute Gasteiger partial charge is 0.422 e. The number of carbonyl (C=O) groups excluding carboxylic acids is 1. The Kier molecular flexibility index (Phi) is 9.66. The third kappa shape index (κ3) is 7.49. The van der Waals surface area contributed by atoms with Gasteiger partial charge in [-0.2, -0.15) is 23.1 Å². The Balaban J connectivity index is 1.51. The summed E-state index contributed by atoms with van der Waals surface area (Å²) >= 11 is 0. The number of halogens is 3. The number of anilines is 6. The van der Waals surface area contributed by atoms with Crippen molar-refractivity contribution < 1.29 is 22.7 Å².